The van der Waals surface area contributed by atoms with Crippen molar-refractivity contribution in [2.24, 2.45) is 0 Å². The van der Waals surface area contributed by atoms with Crippen molar-refractivity contribution in [1.29, 1.82) is 0 Å². The van der Waals surface area contributed by atoms with Gasteiger partial charge in [-0.1, -0.05) is 42.8 Å². The van der Waals surface area contributed by atoms with E-state index >= 15 is 0 Å². The second kappa shape index (κ2) is 7.56. The Labute approximate surface area is 163 Å². The molecule has 1 fully saturated rings. The first-order chi connectivity index (χ1) is 13.5. The van der Waals surface area contributed by atoms with Gasteiger partial charge in [0.05, 0.1) is 16.1 Å². The molecule has 4 rings (SSSR count). The third kappa shape index (κ3) is 3.55. The molecule has 0 aliphatic carbocycles. The number of aromatic carboxylic acids is 1. The third-order valence-electron chi connectivity index (χ3n) is 5.78. The SMILES string of the molecule is O=C(O)c1ccc(C2=CC3CCCC(C2)N3Cc2ccccc2)c([N+](=O)[O-])c1. The van der Waals surface area contributed by atoms with Crippen LogP contribution in [0, 0.1) is 10.1 Å². The van der Waals surface area contributed by atoms with Gasteiger partial charge in [0.15, 0.2) is 0 Å². The molecule has 2 unspecified atom stereocenters. The van der Waals surface area contributed by atoms with E-state index in [2.05, 4.69) is 23.1 Å². The molecule has 6 heteroatoms. The van der Waals surface area contributed by atoms with Crippen molar-refractivity contribution in [3.63, 3.8) is 0 Å². The van der Waals surface area contributed by atoms with E-state index in [1.165, 1.54) is 17.7 Å². The number of fused-ring (bicyclic) bond motifs is 2. The zero-order chi connectivity index (χ0) is 19.7. The van der Waals surface area contributed by atoms with Crippen molar-refractivity contribution in [3.05, 3.63) is 81.4 Å². The van der Waals surface area contributed by atoms with Crippen LogP contribution in [0.2, 0.25) is 0 Å². The fraction of sp³-hybridized carbons (Fsp3) is 0.318. The number of carboxylic acids is 1. The van der Waals surface area contributed by atoms with Gasteiger partial charge in [0.2, 0.25) is 0 Å². The number of carboxylic acid groups (broad SMARTS) is 1. The average Bonchev–Trinajstić information content (AvgIpc) is 2.68. The van der Waals surface area contributed by atoms with Gasteiger partial charge in [0.1, 0.15) is 0 Å². The highest BCUT2D eigenvalue weighted by Crippen LogP contribution is 2.40. The summed E-state index contributed by atoms with van der Waals surface area (Å²) in [5.41, 5.74) is 2.60. The summed E-state index contributed by atoms with van der Waals surface area (Å²) in [4.78, 5) is 24.8. The second-order valence-electron chi connectivity index (χ2n) is 7.50. The number of nitro benzene ring substituents is 1. The summed E-state index contributed by atoms with van der Waals surface area (Å²) in [7, 11) is 0. The molecule has 2 aliphatic heterocycles. The maximum absolute atomic E-state index is 11.6. The zero-order valence-corrected chi connectivity index (χ0v) is 15.5. The van der Waals surface area contributed by atoms with Gasteiger partial charge < -0.3 is 5.11 Å². The lowest BCUT2D eigenvalue weighted by Crippen LogP contribution is -2.47. The molecule has 2 atom stereocenters. The lowest BCUT2D eigenvalue weighted by Gasteiger charge is -2.45. The molecular formula is C22H22N2O4. The zero-order valence-electron chi connectivity index (χ0n) is 15.5. The summed E-state index contributed by atoms with van der Waals surface area (Å²) in [5, 5.41) is 20.7. The molecule has 0 spiro atoms. The molecule has 2 aromatic rings. The normalized spacial score (nSPS) is 21.8. The summed E-state index contributed by atoms with van der Waals surface area (Å²) in [6.45, 7) is 0.875. The van der Waals surface area contributed by atoms with Gasteiger partial charge in [0.25, 0.3) is 5.69 Å². The minimum Gasteiger partial charge on any atom is -0.478 e. The highest BCUT2D eigenvalue weighted by Gasteiger charge is 2.35. The molecule has 0 aromatic heterocycles. The summed E-state index contributed by atoms with van der Waals surface area (Å²) < 4.78 is 0. The van der Waals surface area contributed by atoms with Crippen LogP contribution in [0.1, 0.15) is 47.2 Å². The molecule has 6 nitrogen and oxygen atoms in total. The van der Waals surface area contributed by atoms with E-state index in [1.807, 2.05) is 18.2 Å². The Morgan fingerprint density at radius 2 is 1.96 bits per heavy atom. The predicted molar refractivity (Wildman–Crippen MR) is 106 cm³/mol. The molecule has 0 saturated carbocycles. The van der Waals surface area contributed by atoms with E-state index in [4.69, 9.17) is 5.11 Å². The minimum atomic E-state index is -1.15. The Hall–Kier alpha value is -2.99. The van der Waals surface area contributed by atoms with Crippen molar-refractivity contribution in [2.75, 3.05) is 0 Å². The lowest BCUT2D eigenvalue weighted by molar-refractivity contribution is -0.385. The van der Waals surface area contributed by atoms with Gasteiger partial charge >= 0.3 is 5.97 Å². The van der Waals surface area contributed by atoms with Crippen LogP contribution in [0.3, 0.4) is 0 Å². The van der Waals surface area contributed by atoms with Gasteiger partial charge in [-0.3, -0.25) is 15.0 Å². The van der Waals surface area contributed by atoms with Crippen molar-refractivity contribution in [2.45, 2.75) is 44.3 Å². The van der Waals surface area contributed by atoms with Gasteiger partial charge in [-0.2, -0.15) is 0 Å². The molecular weight excluding hydrogens is 356 g/mol. The first kappa shape index (κ1) is 18.4. The number of hydrogen-bond donors (Lipinski definition) is 1. The van der Waals surface area contributed by atoms with E-state index in [0.717, 1.165) is 37.8 Å². The topological polar surface area (TPSA) is 83.7 Å². The van der Waals surface area contributed by atoms with Crippen LogP contribution < -0.4 is 0 Å². The summed E-state index contributed by atoms with van der Waals surface area (Å²) in [6, 6.07) is 15.2. The van der Waals surface area contributed by atoms with Crippen LogP contribution in [0.5, 0.6) is 0 Å². The number of hydrogen-bond acceptors (Lipinski definition) is 4. The Kier molecular flexibility index (Phi) is 4.96. The monoisotopic (exact) mass is 378 g/mol. The Bertz CT molecular complexity index is 939. The highest BCUT2D eigenvalue weighted by molar-refractivity contribution is 5.90. The highest BCUT2D eigenvalue weighted by atomic mass is 16.6. The van der Waals surface area contributed by atoms with Crippen molar-refractivity contribution >= 4 is 17.2 Å². The van der Waals surface area contributed by atoms with E-state index in [0.29, 0.717) is 11.6 Å². The molecule has 2 heterocycles. The average molecular weight is 378 g/mol. The first-order valence-corrected chi connectivity index (χ1v) is 9.55. The first-order valence-electron chi connectivity index (χ1n) is 9.55. The number of nitrogens with zero attached hydrogens (tertiary/aromatic N) is 2. The van der Waals surface area contributed by atoms with E-state index in [-0.39, 0.29) is 17.3 Å². The third-order valence-corrected chi connectivity index (χ3v) is 5.78. The molecule has 1 N–H and O–H groups in total. The fourth-order valence-corrected chi connectivity index (χ4v) is 4.45. The standard InChI is InChI=1S/C22H22N2O4/c25-22(26)16-9-10-20(21(13-16)24(27)28)17-11-18-7-4-8-19(12-17)23(18)14-15-5-2-1-3-6-15/h1-3,5-6,9-11,13,18-19H,4,7-8,12,14H2,(H,25,26). The van der Waals surface area contributed by atoms with Gasteiger partial charge in [0, 0.05) is 24.7 Å². The minimum absolute atomic E-state index is 0.0576. The van der Waals surface area contributed by atoms with Crippen molar-refractivity contribution < 1.29 is 14.8 Å². The van der Waals surface area contributed by atoms with Crippen LogP contribution in [0.15, 0.2) is 54.6 Å². The number of benzene rings is 2. The number of carbonyl (C=O) groups is 1. The number of piperidine rings is 1. The predicted octanol–water partition coefficient (Wildman–Crippen LogP) is 4.50. The van der Waals surface area contributed by atoms with E-state index < -0.39 is 10.9 Å². The largest absolute Gasteiger partial charge is 0.478 e. The van der Waals surface area contributed by atoms with Crippen LogP contribution in [0.25, 0.3) is 5.57 Å². The summed E-state index contributed by atoms with van der Waals surface area (Å²) >= 11 is 0. The number of rotatable bonds is 5. The molecule has 28 heavy (non-hydrogen) atoms. The molecule has 2 aromatic carbocycles. The molecule has 2 bridgehead atoms. The van der Waals surface area contributed by atoms with Crippen LogP contribution in [0.4, 0.5) is 5.69 Å². The summed E-state index contributed by atoms with van der Waals surface area (Å²) in [5.74, 6) is -1.15. The number of nitro groups is 1. The van der Waals surface area contributed by atoms with Crippen LogP contribution in [-0.4, -0.2) is 33.0 Å². The molecule has 0 radical (unpaired) electrons. The smallest absolute Gasteiger partial charge is 0.335 e. The maximum atomic E-state index is 11.6. The van der Waals surface area contributed by atoms with Crippen molar-refractivity contribution in [1.82, 2.24) is 4.90 Å². The van der Waals surface area contributed by atoms with Crippen LogP contribution >= 0.6 is 0 Å². The van der Waals surface area contributed by atoms with E-state index in [1.54, 1.807) is 6.07 Å². The maximum Gasteiger partial charge on any atom is 0.335 e. The molecule has 1 saturated heterocycles. The Balaban J connectivity index is 1.67. The summed E-state index contributed by atoms with van der Waals surface area (Å²) in [6.07, 6.45) is 6.16. The van der Waals surface area contributed by atoms with Crippen LogP contribution in [-0.2, 0) is 6.54 Å². The lowest BCUT2D eigenvalue weighted by atomic mass is 9.82. The van der Waals surface area contributed by atoms with Crippen molar-refractivity contribution in [3.8, 4) is 0 Å². The van der Waals surface area contributed by atoms with Gasteiger partial charge in [-0.05, 0) is 42.5 Å². The quantitative estimate of drug-likeness (QED) is 0.612. The van der Waals surface area contributed by atoms with Gasteiger partial charge in [-0.25, -0.2) is 4.79 Å². The van der Waals surface area contributed by atoms with Gasteiger partial charge in [-0.15, -0.1) is 0 Å². The molecule has 2 aliphatic rings. The molecule has 0 amide bonds. The molecule has 144 valence electrons. The fourth-order valence-electron chi connectivity index (χ4n) is 4.45. The van der Waals surface area contributed by atoms with E-state index in [9.17, 15) is 14.9 Å². The second-order valence-corrected chi connectivity index (χ2v) is 7.50. The Morgan fingerprint density at radius 3 is 2.64 bits per heavy atom. The Morgan fingerprint density at radius 1 is 1.18 bits per heavy atom.